The first-order valence-corrected chi connectivity index (χ1v) is 15.4. The van der Waals surface area contributed by atoms with Crippen molar-refractivity contribution < 1.29 is 37.3 Å². The summed E-state index contributed by atoms with van der Waals surface area (Å²) in [5.41, 5.74) is 5.01. The van der Waals surface area contributed by atoms with E-state index in [0.29, 0.717) is 30.5 Å². The Labute approximate surface area is 275 Å². The number of hydrogen-bond acceptors (Lipinski definition) is 8. The number of amides is 1. The number of nitrogen functional groups attached to an aromatic ring is 1. The minimum absolute atomic E-state index is 0.0851. The number of carboxylic acids is 1. The summed E-state index contributed by atoms with van der Waals surface area (Å²) in [4.78, 5) is 33.0. The number of anilines is 1. The number of halogens is 4. The number of alkyl halides is 3. The highest BCUT2D eigenvalue weighted by Gasteiger charge is 2.45. The number of carboxylic acid groups (broad SMARTS) is 1. The van der Waals surface area contributed by atoms with Crippen LogP contribution in [0.2, 0.25) is 5.02 Å². The maximum Gasteiger partial charge on any atom is 0.429 e. The predicted octanol–water partition coefficient (Wildman–Crippen LogP) is 7.22. The molecule has 1 amide bonds. The Morgan fingerprint density at radius 3 is 2.47 bits per heavy atom. The van der Waals surface area contributed by atoms with Gasteiger partial charge in [-0.05, 0) is 89.5 Å². The first kappa shape index (κ1) is 35.5. The molecule has 1 aliphatic rings. The van der Waals surface area contributed by atoms with Crippen LogP contribution in [0.4, 0.5) is 23.9 Å². The molecule has 11 nitrogen and oxygen atoms in total. The summed E-state index contributed by atoms with van der Waals surface area (Å²) in [5, 5.41) is 17.1. The van der Waals surface area contributed by atoms with Crippen molar-refractivity contribution in [3.8, 4) is 11.6 Å². The van der Waals surface area contributed by atoms with Crippen LogP contribution >= 0.6 is 11.6 Å². The number of aliphatic carboxylic acids is 1. The third-order valence-electron chi connectivity index (χ3n) is 7.74. The van der Waals surface area contributed by atoms with Crippen molar-refractivity contribution in [3.05, 3.63) is 64.6 Å². The van der Waals surface area contributed by atoms with E-state index in [9.17, 15) is 27.9 Å². The van der Waals surface area contributed by atoms with Gasteiger partial charge >= 0.3 is 18.2 Å². The van der Waals surface area contributed by atoms with Crippen LogP contribution in [-0.4, -0.2) is 54.2 Å². The molecule has 0 bridgehead atoms. The van der Waals surface area contributed by atoms with Gasteiger partial charge in [0.05, 0.1) is 17.1 Å². The van der Waals surface area contributed by atoms with E-state index >= 15 is 0 Å². The molecule has 254 valence electrons. The maximum atomic E-state index is 14.5. The van der Waals surface area contributed by atoms with Gasteiger partial charge in [-0.3, -0.25) is 0 Å². The fourth-order valence-electron chi connectivity index (χ4n) is 5.46. The van der Waals surface area contributed by atoms with E-state index in [1.54, 1.807) is 40.7 Å². The zero-order valence-corrected chi connectivity index (χ0v) is 27.4. The summed E-state index contributed by atoms with van der Waals surface area (Å²) >= 11 is 6.13. The largest absolute Gasteiger partial charge is 0.480 e. The summed E-state index contributed by atoms with van der Waals surface area (Å²) in [6, 6.07) is 6.88. The number of nitrogens with zero attached hydrogens (tertiary/aromatic N) is 4. The molecule has 1 aliphatic carbocycles. The van der Waals surface area contributed by atoms with Gasteiger partial charge in [0.15, 0.2) is 0 Å². The van der Waals surface area contributed by atoms with Gasteiger partial charge < -0.3 is 25.6 Å². The number of carbonyl (C=O) groups excluding carboxylic acids is 1. The van der Waals surface area contributed by atoms with Crippen LogP contribution in [0.1, 0.15) is 82.9 Å². The maximum absolute atomic E-state index is 14.5. The summed E-state index contributed by atoms with van der Waals surface area (Å²) in [7, 11) is 0. The van der Waals surface area contributed by atoms with Gasteiger partial charge in [-0.15, -0.1) is 0 Å². The average molecular weight is 679 g/mol. The Balaban J connectivity index is 1.57. The Bertz CT molecular complexity index is 1650. The molecule has 1 unspecified atom stereocenters. The highest BCUT2D eigenvalue weighted by Crippen LogP contribution is 2.41. The van der Waals surface area contributed by atoms with E-state index in [0.717, 1.165) is 0 Å². The lowest BCUT2D eigenvalue weighted by Crippen LogP contribution is -2.56. The van der Waals surface area contributed by atoms with Crippen molar-refractivity contribution >= 4 is 35.2 Å². The molecule has 47 heavy (non-hydrogen) atoms. The first-order chi connectivity index (χ1) is 21.9. The van der Waals surface area contributed by atoms with Crippen LogP contribution in [-0.2, 0) is 9.53 Å². The molecule has 0 fully saturated rings. The van der Waals surface area contributed by atoms with Crippen molar-refractivity contribution in [1.29, 1.82) is 0 Å². The molecule has 3 aromatic rings. The van der Waals surface area contributed by atoms with Crippen LogP contribution in [0, 0.1) is 12.8 Å². The van der Waals surface area contributed by atoms with Gasteiger partial charge in [0, 0.05) is 22.8 Å². The molecule has 0 spiro atoms. The molecular formula is C32H38ClF3N6O5. The fourth-order valence-corrected chi connectivity index (χ4v) is 5.62. The van der Waals surface area contributed by atoms with E-state index in [2.05, 4.69) is 20.4 Å². The van der Waals surface area contributed by atoms with Crippen molar-refractivity contribution in [2.45, 2.75) is 90.1 Å². The Morgan fingerprint density at radius 2 is 1.91 bits per heavy atom. The SMILES string of the molecule is CC[C@@](CC1CC=C(c2cc(O[C@H](c3ccc(Cl)cc3-n3ccc(C)n3)C(F)(F)F)nc(N)n2)CC1)(NC(=O)OC(C)(C)C)C(=O)O. The van der Waals surface area contributed by atoms with Crippen molar-refractivity contribution in [3.63, 3.8) is 0 Å². The summed E-state index contributed by atoms with van der Waals surface area (Å²) < 4.78 is 55.7. The van der Waals surface area contributed by atoms with Crippen LogP contribution in [0.5, 0.6) is 5.88 Å². The highest BCUT2D eigenvalue weighted by molar-refractivity contribution is 6.30. The van der Waals surface area contributed by atoms with Gasteiger partial charge in [-0.1, -0.05) is 30.7 Å². The lowest BCUT2D eigenvalue weighted by molar-refractivity contribution is -0.198. The van der Waals surface area contributed by atoms with Gasteiger partial charge in [-0.2, -0.15) is 23.3 Å². The zero-order chi connectivity index (χ0) is 34.7. The standard InChI is InChI=1S/C32H38ClF3N6O5/c1-6-31(27(43)44,40-29(45)47-30(3,4)5)17-19-7-9-20(10-8-19)23-16-25(39-28(37)38-23)46-26(32(34,35)36)22-12-11-21(33)15-24(22)42-14-13-18(2)41-42/h9,11-16,19,26H,6-8,10,17H2,1-5H3,(H,40,45)(H,43,44)(H2,37,38,39)/t19?,26-,31+/m1/s1. The molecule has 0 saturated carbocycles. The molecule has 2 heterocycles. The number of ether oxygens (including phenoxy) is 2. The van der Waals surface area contributed by atoms with Crippen molar-refractivity contribution in [2.24, 2.45) is 5.92 Å². The lowest BCUT2D eigenvalue weighted by Gasteiger charge is -2.34. The minimum atomic E-state index is -4.86. The van der Waals surface area contributed by atoms with Crippen molar-refractivity contribution in [1.82, 2.24) is 25.1 Å². The summed E-state index contributed by atoms with van der Waals surface area (Å²) in [6.07, 6.45) is -3.09. The number of aryl methyl sites for hydroxylation is 1. The van der Waals surface area contributed by atoms with Gasteiger partial charge in [0.25, 0.3) is 0 Å². The lowest BCUT2D eigenvalue weighted by atomic mass is 9.78. The van der Waals surface area contributed by atoms with E-state index in [-0.39, 0.29) is 52.6 Å². The molecule has 3 atom stereocenters. The quantitative estimate of drug-likeness (QED) is 0.202. The molecule has 2 aromatic heterocycles. The van der Waals surface area contributed by atoms with Crippen LogP contribution in [0.3, 0.4) is 0 Å². The molecule has 0 radical (unpaired) electrons. The Morgan fingerprint density at radius 1 is 1.19 bits per heavy atom. The number of carbonyl (C=O) groups is 2. The third kappa shape index (κ3) is 8.93. The third-order valence-corrected chi connectivity index (χ3v) is 7.97. The number of allylic oxidation sites excluding steroid dienone is 2. The molecule has 15 heteroatoms. The van der Waals surface area contributed by atoms with E-state index in [1.165, 1.54) is 35.1 Å². The number of nitrogens with one attached hydrogen (secondary N) is 1. The molecule has 4 N–H and O–H groups in total. The second-order valence-electron chi connectivity index (χ2n) is 12.5. The number of rotatable bonds is 10. The Kier molecular flexibility index (Phi) is 10.4. The number of benzene rings is 1. The van der Waals surface area contributed by atoms with Gasteiger partial charge in [-0.25, -0.2) is 19.3 Å². The van der Waals surface area contributed by atoms with Crippen molar-refractivity contribution in [2.75, 3.05) is 5.73 Å². The summed E-state index contributed by atoms with van der Waals surface area (Å²) in [5.74, 6) is -1.95. The number of aromatic nitrogens is 4. The van der Waals surface area contributed by atoms with E-state index in [4.69, 9.17) is 26.8 Å². The molecule has 0 aliphatic heterocycles. The van der Waals surface area contributed by atoms with Crippen LogP contribution in [0.15, 0.2) is 42.6 Å². The number of nitrogens with two attached hydrogens (primary N) is 1. The smallest absolute Gasteiger partial charge is 0.429 e. The minimum Gasteiger partial charge on any atom is -0.480 e. The topological polar surface area (TPSA) is 154 Å². The number of hydrogen-bond donors (Lipinski definition) is 3. The molecule has 1 aromatic carbocycles. The second kappa shape index (κ2) is 13.8. The molecule has 0 saturated heterocycles. The monoisotopic (exact) mass is 678 g/mol. The average Bonchev–Trinajstić information content (AvgIpc) is 3.40. The fraction of sp³-hybridized carbons (Fsp3) is 0.469. The predicted molar refractivity (Wildman–Crippen MR) is 169 cm³/mol. The highest BCUT2D eigenvalue weighted by atomic mass is 35.5. The first-order valence-electron chi connectivity index (χ1n) is 15.0. The zero-order valence-electron chi connectivity index (χ0n) is 26.7. The van der Waals surface area contributed by atoms with Gasteiger partial charge in [0.1, 0.15) is 11.1 Å². The normalized spacial score (nSPS) is 17.3. The van der Waals surface area contributed by atoms with E-state index < -0.39 is 35.5 Å². The Hall–Kier alpha value is -4.33. The second-order valence-corrected chi connectivity index (χ2v) is 13.0. The number of alkyl carbamates (subject to hydrolysis) is 1. The van der Waals surface area contributed by atoms with Crippen LogP contribution in [0.25, 0.3) is 11.3 Å². The molecular weight excluding hydrogens is 641 g/mol. The van der Waals surface area contributed by atoms with Gasteiger partial charge in [0.2, 0.25) is 17.9 Å². The molecule has 4 rings (SSSR count). The summed E-state index contributed by atoms with van der Waals surface area (Å²) in [6.45, 7) is 8.44. The van der Waals surface area contributed by atoms with E-state index in [1.807, 2.05) is 6.08 Å². The van der Waals surface area contributed by atoms with Crippen LogP contribution < -0.4 is 15.8 Å².